The van der Waals surface area contributed by atoms with Gasteiger partial charge in [-0.05, 0) is 51.9 Å². The number of imide groups is 2. The standard InChI is InChI=1S/C20H26N4O3/c1-14-6-8-16(9-7-14)24-19(26)17(18(25)22-20(24)27)15(2)21-10-13-23-11-4-3-5-12-23/h6-9,17H,3-5,10-13H2,1-2H3,(H,22,25,27)/t17-/m1/s1. The number of nitrogens with one attached hydrogen (secondary N) is 1. The van der Waals surface area contributed by atoms with E-state index in [2.05, 4.69) is 15.2 Å². The second-order valence-electron chi connectivity index (χ2n) is 7.16. The topological polar surface area (TPSA) is 82.1 Å². The van der Waals surface area contributed by atoms with Gasteiger partial charge in [-0.1, -0.05) is 24.1 Å². The van der Waals surface area contributed by atoms with Crippen molar-refractivity contribution in [3.05, 3.63) is 29.8 Å². The second-order valence-corrected chi connectivity index (χ2v) is 7.16. The number of likely N-dealkylation sites (tertiary alicyclic amines) is 1. The average Bonchev–Trinajstić information content (AvgIpc) is 2.64. The number of rotatable bonds is 5. The first-order valence-corrected chi connectivity index (χ1v) is 9.46. The van der Waals surface area contributed by atoms with Crippen LogP contribution in [0.25, 0.3) is 0 Å². The van der Waals surface area contributed by atoms with Gasteiger partial charge in [0.2, 0.25) is 5.91 Å². The number of carbonyl (C=O) groups excluding carboxylic acids is 3. The fourth-order valence-corrected chi connectivity index (χ4v) is 3.52. The molecule has 1 N–H and O–H groups in total. The molecule has 0 aliphatic carbocycles. The van der Waals surface area contributed by atoms with Crippen LogP contribution in [-0.4, -0.2) is 54.6 Å². The summed E-state index contributed by atoms with van der Waals surface area (Å²) in [5.74, 6) is -2.22. The Kier molecular flexibility index (Phi) is 6.01. The van der Waals surface area contributed by atoms with E-state index in [4.69, 9.17) is 0 Å². The van der Waals surface area contributed by atoms with Crippen LogP contribution in [0.1, 0.15) is 31.7 Å². The number of aliphatic imine (C=N–C) groups is 1. The molecule has 0 bridgehead atoms. The van der Waals surface area contributed by atoms with E-state index in [0.717, 1.165) is 30.1 Å². The smallest absolute Gasteiger partial charge is 0.301 e. The molecule has 1 aromatic rings. The predicted molar refractivity (Wildman–Crippen MR) is 104 cm³/mol. The van der Waals surface area contributed by atoms with Gasteiger partial charge in [-0.2, -0.15) is 0 Å². The maximum Gasteiger partial charge on any atom is 0.335 e. The van der Waals surface area contributed by atoms with E-state index in [1.54, 1.807) is 19.1 Å². The third kappa shape index (κ3) is 4.42. The highest BCUT2D eigenvalue weighted by atomic mass is 16.2. The summed E-state index contributed by atoms with van der Waals surface area (Å²) in [6, 6.07) is 6.32. The van der Waals surface area contributed by atoms with Crippen LogP contribution in [0, 0.1) is 12.8 Å². The Bertz CT molecular complexity index is 751. The van der Waals surface area contributed by atoms with Crippen molar-refractivity contribution in [1.29, 1.82) is 0 Å². The van der Waals surface area contributed by atoms with Gasteiger partial charge in [0.1, 0.15) is 0 Å². The molecule has 0 spiro atoms. The van der Waals surface area contributed by atoms with Gasteiger partial charge in [-0.15, -0.1) is 0 Å². The van der Waals surface area contributed by atoms with Crippen LogP contribution in [0.2, 0.25) is 0 Å². The van der Waals surface area contributed by atoms with Gasteiger partial charge in [0.05, 0.1) is 12.2 Å². The van der Waals surface area contributed by atoms with E-state index in [1.807, 2.05) is 19.1 Å². The van der Waals surface area contributed by atoms with Crippen molar-refractivity contribution in [2.24, 2.45) is 10.9 Å². The first-order valence-electron chi connectivity index (χ1n) is 9.46. The number of aryl methyl sites for hydroxylation is 1. The summed E-state index contributed by atoms with van der Waals surface area (Å²) in [5.41, 5.74) is 1.91. The fourth-order valence-electron chi connectivity index (χ4n) is 3.52. The molecule has 2 fully saturated rings. The molecule has 7 nitrogen and oxygen atoms in total. The van der Waals surface area contributed by atoms with Crippen molar-refractivity contribution in [3.63, 3.8) is 0 Å². The number of nitrogens with zero attached hydrogens (tertiary/aromatic N) is 3. The molecule has 7 heteroatoms. The maximum atomic E-state index is 12.9. The number of hydrogen-bond donors (Lipinski definition) is 1. The number of benzene rings is 1. The zero-order chi connectivity index (χ0) is 19.4. The number of carbonyl (C=O) groups is 3. The Hall–Kier alpha value is -2.54. The largest absolute Gasteiger partial charge is 0.335 e. The molecule has 2 aliphatic heterocycles. The molecule has 2 saturated heterocycles. The van der Waals surface area contributed by atoms with Crippen LogP contribution in [0.4, 0.5) is 10.5 Å². The van der Waals surface area contributed by atoms with Gasteiger partial charge in [0.25, 0.3) is 5.91 Å². The van der Waals surface area contributed by atoms with Crippen LogP contribution in [0.3, 0.4) is 0 Å². The van der Waals surface area contributed by atoms with Crippen LogP contribution in [0.5, 0.6) is 0 Å². The van der Waals surface area contributed by atoms with Crippen LogP contribution in [0.15, 0.2) is 29.3 Å². The maximum absolute atomic E-state index is 12.9. The minimum atomic E-state index is -1.06. The van der Waals surface area contributed by atoms with E-state index in [9.17, 15) is 14.4 Å². The van der Waals surface area contributed by atoms with Crippen LogP contribution < -0.4 is 10.2 Å². The number of amides is 4. The van der Waals surface area contributed by atoms with Gasteiger partial charge >= 0.3 is 6.03 Å². The Labute approximate surface area is 159 Å². The molecule has 1 atom stereocenters. The number of piperidine rings is 1. The zero-order valence-corrected chi connectivity index (χ0v) is 15.9. The molecular weight excluding hydrogens is 344 g/mol. The SMILES string of the molecule is CC(=NCCN1CCCCC1)[C@@H]1C(=O)NC(=O)N(c2ccc(C)cc2)C1=O. The lowest BCUT2D eigenvalue weighted by atomic mass is 9.99. The Morgan fingerprint density at radius 3 is 2.44 bits per heavy atom. The van der Waals surface area contributed by atoms with Crippen molar-refractivity contribution in [1.82, 2.24) is 10.2 Å². The summed E-state index contributed by atoms with van der Waals surface area (Å²) < 4.78 is 0. The summed E-state index contributed by atoms with van der Waals surface area (Å²) in [7, 11) is 0. The molecule has 4 amide bonds. The fraction of sp³-hybridized carbons (Fsp3) is 0.500. The lowest BCUT2D eigenvalue weighted by Crippen LogP contribution is -2.60. The highest BCUT2D eigenvalue weighted by Gasteiger charge is 2.42. The first kappa shape index (κ1) is 19.2. The predicted octanol–water partition coefficient (Wildman–Crippen LogP) is 2.14. The van der Waals surface area contributed by atoms with E-state index >= 15 is 0 Å². The van der Waals surface area contributed by atoms with E-state index < -0.39 is 23.8 Å². The highest BCUT2D eigenvalue weighted by molar-refractivity contribution is 6.35. The highest BCUT2D eigenvalue weighted by Crippen LogP contribution is 2.22. The number of hydrogen-bond acceptors (Lipinski definition) is 5. The van der Waals surface area contributed by atoms with Crippen molar-refractivity contribution >= 4 is 29.2 Å². The first-order chi connectivity index (χ1) is 13.0. The summed E-state index contributed by atoms with van der Waals surface area (Å²) >= 11 is 0. The molecule has 0 unspecified atom stereocenters. The van der Waals surface area contributed by atoms with Crippen LogP contribution in [-0.2, 0) is 9.59 Å². The molecule has 2 aliphatic rings. The van der Waals surface area contributed by atoms with Gasteiger partial charge in [0, 0.05) is 12.3 Å². The van der Waals surface area contributed by atoms with Gasteiger partial charge in [0.15, 0.2) is 5.92 Å². The quantitative estimate of drug-likeness (QED) is 0.636. The average molecular weight is 370 g/mol. The Morgan fingerprint density at radius 1 is 1.11 bits per heavy atom. The summed E-state index contributed by atoms with van der Waals surface area (Å²) in [6.45, 7) is 7.12. The lowest BCUT2D eigenvalue weighted by molar-refractivity contribution is -0.131. The molecule has 0 saturated carbocycles. The Balaban J connectivity index is 1.71. The number of urea groups is 1. The summed E-state index contributed by atoms with van der Waals surface area (Å²) in [4.78, 5) is 45.2. The molecular formula is C20H26N4O3. The molecule has 1 aromatic carbocycles. The third-order valence-corrected chi connectivity index (χ3v) is 5.10. The van der Waals surface area contributed by atoms with E-state index in [0.29, 0.717) is 17.9 Å². The van der Waals surface area contributed by atoms with Crippen molar-refractivity contribution in [2.45, 2.75) is 33.1 Å². The molecule has 3 rings (SSSR count). The van der Waals surface area contributed by atoms with Gasteiger partial charge in [-0.3, -0.25) is 19.9 Å². The molecule has 0 radical (unpaired) electrons. The van der Waals surface area contributed by atoms with Crippen LogP contribution >= 0.6 is 0 Å². The molecule has 2 heterocycles. The normalized spacial score (nSPS) is 22.1. The minimum Gasteiger partial charge on any atom is -0.301 e. The Morgan fingerprint density at radius 2 is 1.78 bits per heavy atom. The van der Waals surface area contributed by atoms with E-state index in [-0.39, 0.29) is 0 Å². The third-order valence-electron chi connectivity index (χ3n) is 5.10. The molecule has 0 aromatic heterocycles. The summed E-state index contributed by atoms with van der Waals surface area (Å²) in [5, 5.41) is 2.28. The monoisotopic (exact) mass is 370 g/mol. The second kappa shape index (κ2) is 8.43. The zero-order valence-electron chi connectivity index (χ0n) is 15.9. The van der Waals surface area contributed by atoms with E-state index in [1.165, 1.54) is 19.3 Å². The number of anilines is 1. The number of barbiturate groups is 1. The molecule has 27 heavy (non-hydrogen) atoms. The summed E-state index contributed by atoms with van der Waals surface area (Å²) in [6.07, 6.45) is 3.69. The van der Waals surface area contributed by atoms with Gasteiger partial charge in [-0.25, -0.2) is 9.69 Å². The minimum absolute atomic E-state index is 0.444. The molecule has 144 valence electrons. The van der Waals surface area contributed by atoms with Crippen molar-refractivity contribution in [2.75, 3.05) is 31.1 Å². The van der Waals surface area contributed by atoms with Crippen molar-refractivity contribution in [3.8, 4) is 0 Å². The lowest BCUT2D eigenvalue weighted by Gasteiger charge is -2.30. The van der Waals surface area contributed by atoms with Crippen molar-refractivity contribution < 1.29 is 14.4 Å². The van der Waals surface area contributed by atoms with Gasteiger partial charge < -0.3 is 4.90 Å².